The maximum atomic E-state index is 13.0. The monoisotopic (exact) mass is 306 g/mol. The average molecular weight is 306 g/mol. The lowest BCUT2D eigenvalue weighted by Gasteiger charge is -2.48. The molecule has 2 aliphatic rings. The first-order valence-electron chi connectivity index (χ1n) is 7.66. The first-order valence-corrected chi connectivity index (χ1v) is 9.20. The summed E-state index contributed by atoms with van der Waals surface area (Å²) in [7, 11) is -3.40. The fourth-order valence-electron chi connectivity index (χ4n) is 4.01. The van der Waals surface area contributed by atoms with Crippen LogP contribution in [-0.2, 0) is 9.84 Å². The summed E-state index contributed by atoms with van der Waals surface area (Å²) in [5, 5.41) is 10.5. The largest absolute Gasteiger partial charge is 0.385 e. The summed E-state index contributed by atoms with van der Waals surface area (Å²) in [4.78, 5) is 0.371. The molecular formula is C17H22O3S. The van der Waals surface area contributed by atoms with E-state index >= 15 is 0 Å². The third kappa shape index (κ3) is 2.34. The van der Waals surface area contributed by atoms with Crippen molar-refractivity contribution in [3.05, 3.63) is 42.5 Å². The number of fused-ring (bicyclic) bond motifs is 1. The van der Waals surface area contributed by atoms with Crippen LogP contribution in [0.1, 0.15) is 38.5 Å². The Labute approximate surface area is 126 Å². The topological polar surface area (TPSA) is 54.4 Å². The molecule has 2 fully saturated rings. The average Bonchev–Trinajstić information content (AvgIpc) is 2.49. The summed E-state index contributed by atoms with van der Waals surface area (Å²) in [5.74, 6) is -0.210. The Bertz CT molecular complexity index is 635. The second-order valence-electron chi connectivity index (χ2n) is 6.32. The highest BCUT2D eigenvalue weighted by molar-refractivity contribution is 7.92. The van der Waals surface area contributed by atoms with Gasteiger partial charge in [-0.05, 0) is 43.4 Å². The highest BCUT2D eigenvalue weighted by atomic mass is 32.2. The van der Waals surface area contributed by atoms with Gasteiger partial charge < -0.3 is 5.11 Å². The lowest BCUT2D eigenvalue weighted by Crippen LogP contribution is -2.53. The second-order valence-corrected chi connectivity index (χ2v) is 8.48. The fraction of sp³-hybridized carbons (Fsp3) is 0.529. The number of hydrogen-bond donors (Lipinski definition) is 1. The zero-order chi connectivity index (χ0) is 15.1. The molecule has 2 aliphatic carbocycles. The van der Waals surface area contributed by atoms with E-state index in [9.17, 15) is 13.5 Å². The summed E-state index contributed by atoms with van der Waals surface area (Å²) in [6.45, 7) is 4.01. The van der Waals surface area contributed by atoms with Crippen molar-refractivity contribution in [1.29, 1.82) is 0 Å². The van der Waals surface area contributed by atoms with Gasteiger partial charge in [-0.1, -0.05) is 37.6 Å². The van der Waals surface area contributed by atoms with E-state index in [1.807, 2.05) is 6.07 Å². The smallest absolute Gasteiger partial charge is 0.181 e. The van der Waals surface area contributed by atoms with Crippen LogP contribution in [0.2, 0.25) is 0 Å². The molecular weight excluding hydrogens is 284 g/mol. The molecule has 0 heterocycles. The minimum absolute atomic E-state index is 0.210. The van der Waals surface area contributed by atoms with Crippen molar-refractivity contribution < 1.29 is 13.5 Å². The third-order valence-electron chi connectivity index (χ3n) is 5.20. The molecule has 0 radical (unpaired) electrons. The lowest BCUT2D eigenvalue weighted by molar-refractivity contribution is -0.0311. The van der Waals surface area contributed by atoms with E-state index in [0.717, 1.165) is 24.8 Å². The van der Waals surface area contributed by atoms with Crippen molar-refractivity contribution in [2.45, 2.75) is 54.3 Å². The van der Waals surface area contributed by atoms with Gasteiger partial charge in [-0.15, -0.1) is 0 Å². The number of benzene rings is 1. The van der Waals surface area contributed by atoms with Gasteiger partial charge in [-0.2, -0.15) is 0 Å². The number of aliphatic hydroxyl groups is 1. The Hall–Kier alpha value is -1.13. The Morgan fingerprint density at radius 3 is 2.57 bits per heavy atom. The van der Waals surface area contributed by atoms with Crippen LogP contribution in [0.4, 0.5) is 0 Å². The zero-order valence-corrected chi connectivity index (χ0v) is 13.0. The molecule has 0 spiro atoms. The molecule has 0 saturated heterocycles. The molecule has 1 aromatic rings. The molecule has 3 nitrogen and oxygen atoms in total. The van der Waals surface area contributed by atoms with Gasteiger partial charge in [0.05, 0.1) is 15.7 Å². The molecule has 3 atom stereocenters. The molecule has 0 aromatic heterocycles. The van der Waals surface area contributed by atoms with Crippen molar-refractivity contribution in [3.63, 3.8) is 0 Å². The number of hydrogen-bond acceptors (Lipinski definition) is 3. The van der Waals surface area contributed by atoms with Crippen LogP contribution < -0.4 is 0 Å². The van der Waals surface area contributed by atoms with E-state index in [4.69, 9.17) is 0 Å². The van der Waals surface area contributed by atoms with Gasteiger partial charge in [0, 0.05) is 5.92 Å². The standard InChI is InChI=1S/C17H22O3S/c1-13-10-11-16(15-9-5-6-12-17(13,15)18)21(19,20)14-7-3-2-4-8-14/h2-4,7-8,15-16,18H,1,5-6,9-12H2/t15-,16-,17-/m1/s1. The van der Waals surface area contributed by atoms with Gasteiger partial charge in [0.1, 0.15) is 0 Å². The molecule has 0 bridgehead atoms. The highest BCUT2D eigenvalue weighted by Crippen LogP contribution is 2.49. The van der Waals surface area contributed by atoms with Crippen LogP contribution in [0, 0.1) is 5.92 Å². The Morgan fingerprint density at radius 1 is 1.14 bits per heavy atom. The van der Waals surface area contributed by atoms with E-state index in [2.05, 4.69) is 6.58 Å². The Balaban J connectivity index is 2.00. The molecule has 0 amide bonds. The molecule has 0 aliphatic heterocycles. The van der Waals surface area contributed by atoms with E-state index in [0.29, 0.717) is 24.2 Å². The Morgan fingerprint density at radius 2 is 1.86 bits per heavy atom. The van der Waals surface area contributed by atoms with Crippen LogP contribution in [0.15, 0.2) is 47.4 Å². The zero-order valence-electron chi connectivity index (χ0n) is 12.2. The van der Waals surface area contributed by atoms with E-state index in [1.165, 1.54) is 0 Å². The molecule has 3 rings (SSSR count). The quantitative estimate of drug-likeness (QED) is 0.854. The van der Waals surface area contributed by atoms with Crippen molar-refractivity contribution in [1.82, 2.24) is 0 Å². The molecule has 2 saturated carbocycles. The molecule has 1 N–H and O–H groups in total. The minimum Gasteiger partial charge on any atom is -0.385 e. The summed E-state index contributed by atoms with van der Waals surface area (Å²) in [5.41, 5.74) is -0.157. The predicted octanol–water partition coefficient (Wildman–Crippen LogP) is 3.10. The molecule has 0 unspecified atom stereocenters. The van der Waals surface area contributed by atoms with Crippen molar-refractivity contribution in [2.75, 3.05) is 0 Å². The molecule has 1 aromatic carbocycles. The summed E-state index contributed by atoms with van der Waals surface area (Å²) in [6, 6.07) is 8.63. The van der Waals surface area contributed by atoms with Gasteiger partial charge in [-0.3, -0.25) is 0 Å². The first-order chi connectivity index (χ1) is 9.96. The normalized spacial score (nSPS) is 33.5. The summed E-state index contributed by atoms with van der Waals surface area (Å²) >= 11 is 0. The maximum absolute atomic E-state index is 13.0. The van der Waals surface area contributed by atoms with Crippen molar-refractivity contribution in [2.24, 2.45) is 5.92 Å². The van der Waals surface area contributed by atoms with Gasteiger partial charge >= 0.3 is 0 Å². The second kappa shape index (κ2) is 5.25. The number of sulfone groups is 1. The van der Waals surface area contributed by atoms with Crippen molar-refractivity contribution >= 4 is 9.84 Å². The third-order valence-corrected chi connectivity index (χ3v) is 7.49. The molecule has 4 heteroatoms. The van der Waals surface area contributed by atoms with E-state index in [-0.39, 0.29) is 5.92 Å². The minimum atomic E-state index is -3.40. The molecule has 21 heavy (non-hydrogen) atoms. The fourth-order valence-corrected chi connectivity index (χ4v) is 6.11. The van der Waals surface area contributed by atoms with Gasteiger partial charge in [-0.25, -0.2) is 8.42 Å². The van der Waals surface area contributed by atoms with Crippen LogP contribution in [0.25, 0.3) is 0 Å². The van der Waals surface area contributed by atoms with E-state index in [1.54, 1.807) is 24.3 Å². The van der Waals surface area contributed by atoms with Crippen molar-refractivity contribution in [3.8, 4) is 0 Å². The first kappa shape index (κ1) is 14.8. The SMILES string of the molecule is C=C1CC[C@@H](S(=O)(=O)c2ccccc2)[C@H]2CCCC[C@@]12O. The predicted molar refractivity (Wildman–Crippen MR) is 82.7 cm³/mol. The van der Waals surface area contributed by atoms with Crippen LogP contribution in [0.3, 0.4) is 0 Å². The van der Waals surface area contributed by atoms with Gasteiger partial charge in [0.25, 0.3) is 0 Å². The Kier molecular flexibility index (Phi) is 3.70. The van der Waals surface area contributed by atoms with Crippen LogP contribution in [-0.4, -0.2) is 24.4 Å². The lowest BCUT2D eigenvalue weighted by atomic mass is 9.65. The van der Waals surface area contributed by atoms with Crippen LogP contribution in [0.5, 0.6) is 0 Å². The van der Waals surface area contributed by atoms with E-state index < -0.39 is 20.7 Å². The maximum Gasteiger partial charge on any atom is 0.181 e. The highest BCUT2D eigenvalue weighted by Gasteiger charge is 2.51. The molecule has 114 valence electrons. The summed E-state index contributed by atoms with van der Waals surface area (Å²) < 4.78 is 25.9. The van der Waals surface area contributed by atoms with Gasteiger partial charge in [0.2, 0.25) is 0 Å². The number of rotatable bonds is 2. The van der Waals surface area contributed by atoms with Crippen LogP contribution >= 0.6 is 0 Å². The van der Waals surface area contributed by atoms with Gasteiger partial charge in [0.15, 0.2) is 9.84 Å². The summed E-state index contributed by atoms with van der Waals surface area (Å²) in [6.07, 6.45) is 4.53.